The molecule has 2 atom stereocenters. The largest absolute Gasteiger partial charge is 0.376 e. The van der Waals surface area contributed by atoms with Crippen LogP contribution in [-0.2, 0) is 9.53 Å². The van der Waals surface area contributed by atoms with Gasteiger partial charge in [-0.3, -0.25) is 4.79 Å². The van der Waals surface area contributed by atoms with Crippen LogP contribution in [0.25, 0.3) is 0 Å². The lowest BCUT2D eigenvalue weighted by atomic mass is 10.2. The second-order valence-corrected chi connectivity index (χ2v) is 8.33. The summed E-state index contributed by atoms with van der Waals surface area (Å²) in [7, 11) is 0. The molecule has 1 aliphatic rings. The minimum Gasteiger partial charge on any atom is -0.376 e. The number of carbonyl (C=O) groups excluding carboxylic acids is 1. The van der Waals surface area contributed by atoms with E-state index in [4.69, 9.17) is 4.74 Å². The van der Waals surface area contributed by atoms with Crippen molar-refractivity contribution in [2.75, 3.05) is 23.8 Å². The maximum absolute atomic E-state index is 13.6. The number of aromatic nitrogens is 2. The first-order chi connectivity index (χ1) is 12.5. The summed E-state index contributed by atoms with van der Waals surface area (Å²) in [5, 5.41) is 13.8. The smallest absolute Gasteiger partial charge is 0.237 e. The number of nitrogens with one attached hydrogen (secondary N) is 2. The lowest BCUT2D eigenvalue weighted by molar-refractivity contribution is -0.115. The van der Waals surface area contributed by atoms with Gasteiger partial charge in [0, 0.05) is 19.2 Å². The van der Waals surface area contributed by atoms with E-state index in [-0.39, 0.29) is 11.8 Å². The predicted molar refractivity (Wildman–Crippen MR) is 97.7 cm³/mol. The number of nitrogens with zero attached hydrogens (tertiary/aromatic N) is 2. The molecular weight excluding hydrogens is 382 g/mol. The number of rotatable bonds is 7. The maximum atomic E-state index is 13.6. The monoisotopic (exact) mass is 400 g/mol. The quantitative estimate of drug-likeness (QED) is 0.693. The lowest BCUT2D eigenvalue weighted by Gasteiger charge is -2.11. The molecule has 10 heteroatoms. The van der Waals surface area contributed by atoms with Crippen LogP contribution in [0.4, 0.5) is 19.6 Å². The topological polar surface area (TPSA) is 76.1 Å². The van der Waals surface area contributed by atoms with E-state index in [1.54, 1.807) is 6.92 Å². The average molecular weight is 400 g/mol. The van der Waals surface area contributed by atoms with Crippen molar-refractivity contribution in [3.8, 4) is 0 Å². The van der Waals surface area contributed by atoms with E-state index >= 15 is 0 Å². The summed E-state index contributed by atoms with van der Waals surface area (Å²) in [4.78, 5) is 12.2. The number of amides is 1. The Labute approximate surface area is 157 Å². The van der Waals surface area contributed by atoms with Gasteiger partial charge in [0.05, 0.1) is 17.0 Å². The standard InChI is InChI=1S/C16H18F2N4O2S2/c1-9(14(23)20-13-7-10(17)4-5-12(13)18)25-16-22-21-15(26-16)19-8-11-3-2-6-24-11/h4-5,7,9,11H,2-3,6,8H2,1H3,(H,19,21)(H,20,23). The normalized spacial score (nSPS) is 17.9. The Morgan fingerprint density at radius 1 is 1.46 bits per heavy atom. The van der Waals surface area contributed by atoms with Crippen LogP contribution in [0.5, 0.6) is 0 Å². The van der Waals surface area contributed by atoms with Gasteiger partial charge in [-0.15, -0.1) is 10.2 Å². The number of anilines is 2. The zero-order valence-electron chi connectivity index (χ0n) is 14.0. The highest BCUT2D eigenvalue weighted by Crippen LogP contribution is 2.30. The molecule has 6 nitrogen and oxygen atoms in total. The van der Waals surface area contributed by atoms with Gasteiger partial charge in [-0.25, -0.2) is 8.78 Å². The van der Waals surface area contributed by atoms with Crippen molar-refractivity contribution in [1.82, 2.24) is 10.2 Å². The van der Waals surface area contributed by atoms with E-state index in [2.05, 4.69) is 20.8 Å². The molecule has 0 radical (unpaired) electrons. The first-order valence-electron chi connectivity index (χ1n) is 8.13. The Bertz CT molecular complexity index is 768. The first-order valence-corrected chi connectivity index (χ1v) is 9.82. The number of halogens is 2. The van der Waals surface area contributed by atoms with Crippen LogP contribution in [0, 0.1) is 11.6 Å². The van der Waals surface area contributed by atoms with Gasteiger partial charge < -0.3 is 15.4 Å². The molecule has 0 bridgehead atoms. The molecule has 1 aliphatic heterocycles. The molecule has 1 aromatic heterocycles. The van der Waals surface area contributed by atoms with Gasteiger partial charge in [0.25, 0.3) is 0 Å². The molecule has 0 saturated carbocycles. The van der Waals surface area contributed by atoms with Crippen LogP contribution < -0.4 is 10.6 Å². The highest BCUT2D eigenvalue weighted by Gasteiger charge is 2.20. The Hall–Kier alpha value is -1.78. The summed E-state index contributed by atoms with van der Waals surface area (Å²) in [6.07, 6.45) is 2.30. The SMILES string of the molecule is CC(Sc1nnc(NCC2CCCO2)s1)C(=O)Nc1cc(F)ccc1F. The van der Waals surface area contributed by atoms with Crippen molar-refractivity contribution in [2.24, 2.45) is 0 Å². The average Bonchev–Trinajstić information content (AvgIpc) is 3.28. The first kappa shape index (κ1) is 19.0. The third kappa shape index (κ3) is 5.12. The number of benzene rings is 1. The Morgan fingerprint density at radius 2 is 2.31 bits per heavy atom. The number of carbonyl (C=O) groups is 1. The molecule has 1 saturated heterocycles. The molecule has 1 aromatic carbocycles. The fraction of sp³-hybridized carbons (Fsp3) is 0.438. The molecule has 3 rings (SSSR count). The highest BCUT2D eigenvalue weighted by atomic mass is 32.2. The summed E-state index contributed by atoms with van der Waals surface area (Å²) in [5.41, 5.74) is -0.182. The Morgan fingerprint density at radius 3 is 3.08 bits per heavy atom. The molecule has 1 fully saturated rings. The van der Waals surface area contributed by atoms with Gasteiger partial charge in [0.15, 0.2) is 4.34 Å². The van der Waals surface area contributed by atoms with Crippen LogP contribution >= 0.6 is 23.1 Å². The van der Waals surface area contributed by atoms with Crippen molar-refractivity contribution in [1.29, 1.82) is 0 Å². The highest BCUT2D eigenvalue weighted by molar-refractivity contribution is 8.02. The third-order valence-electron chi connectivity index (χ3n) is 3.74. The number of hydrogen-bond donors (Lipinski definition) is 2. The van der Waals surface area contributed by atoms with E-state index in [1.165, 1.54) is 23.1 Å². The summed E-state index contributed by atoms with van der Waals surface area (Å²) in [5.74, 6) is -1.75. The van der Waals surface area contributed by atoms with Crippen LogP contribution in [0.3, 0.4) is 0 Å². The van der Waals surface area contributed by atoms with Gasteiger partial charge in [-0.1, -0.05) is 23.1 Å². The molecule has 0 spiro atoms. The lowest BCUT2D eigenvalue weighted by Crippen LogP contribution is -2.23. The molecule has 0 aliphatic carbocycles. The van der Waals surface area contributed by atoms with Crippen molar-refractivity contribution in [2.45, 2.75) is 35.5 Å². The predicted octanol–water partition coefficient (Wildman–Crippen LogP) is 3.53. The van der Waals surface area contributed by atoms with Crippen LogP contribution in [0.15, 0.2) is 22.5 Å². The van der Waals surface area contributed by atoms with E-state index in [9.17, 15) is 13.6 Å². The van der Waals surface area contributed by atoms with Gasteiger partial charge >= 0.3 is 0 Å². The molecular formula is C16H18F2N4O2S2. The Balaban J connectivity index is 1.51. The summed E-state index contributed by atoms with van der Waals surface area (Å²) >= 11 is 2.54. The summed E-state index contributed by atoms with van der Waals surface area (Å²) < 4.78 is 32.9. The van der Waals surface area contributed by atoms with Gasteiger partial charge in [-0.2, -0.15) is 0 Å². The number of hydrogen-bond acceptors (Lipinski definition) is 7. The zero-order chi connectivity index (χ0) is 18.5. The van der Waals surface area contributed by atoms with Crippen molar-refractivity contribution in [3.63, 3.8) is 0 Å². The second kappa shape index (κ2) is 8.74. The van der Waals surface area contributed by atoms with Crippen molar-refractivity contribution >= 4 is 39.8 Å². The number of ether oxygens (including phenoxy) is 1. The van der Waals surface area contributed by atoms with Gasteiger partial charge in [0.2, 0.25) is 11.0 Å². The number of thioether (sulfide) groups is 1. The second-order valence-electron chi connectivity index (χ2n) is 5.76. The van der Waals surface area contributed by atoms with Crippen LogP contribution in [-0.4, -0.2) is 40.6 Å². The molecule has 2 aromatic rings. The van der Waals surface area contributed by atoms with Crippen molar-refractivity contribution in [3.05, 3.63) is 29.8 Å². The minimum absolute atomic E-state index is 0.182. The van der Waals surface area contributed by atoms with E-state index in [0.717, 1.165) is 37.6 Å². The van der Waals surface area contributed by atoms with Crippen LogP contribution in [0.2, 0.25) is 0 Å². The Kier molecular flexibility index (Phi) is 6.38. The molecule has 26 heavy (non-hydrogen) atoms. The van der Waals surface area contributed by atoms with E-state index < -0.39 is 22.8 Å². The molecule has 2 unspecified atom stereocenters. The van der Waals surface area contributed by atoms with Crippen LogP contribution in [0.1, 0.15) is 19.8 Å². The molecule has 1 amide bonds. The summed E-state index contributed by atoms with van der Waals surface area (Å²) in [6.45, 7) is 3.13. The van der Waals surface area contributed by atoms with Gasteiger partial charge in [-0.05, 0) is 31.9 Å². The summed E-state index contributed by atoms with van der Waals surface area (Å²) in [6, 6.07) is 2.91. The molecule has 140 valence electrons. The molecule has 2 heterocycles. The zero-order valence-corrected chi connectivity index (χ0v) is 15.6. The fourth-order valence-corrected chi connectivity index (χ4v) is 4.27. The van der Waals surface area contributed by atoms with Crippen molar-refractivity contribution < 1.29 is 18.3 Å². The molecule has 2 N–H and O–H groups in total. The van der Waals surface area contributed by atoms with Gasteiger partial charge in [0.1, 0.15) is 11.6 Å². The maximum Gasteiger partial charge on any atom is 0.237 e. The van der Waals surface area contributed by atoms with E-state index in [0.29, 0.717) is 16.0 Å². The minimum atomic E-state index is -0.687. The third-order valence-corrected chi connectivity index (χ3v) is 5.81. The fourth-order valence-electron chi connectivity index (χ4n) is 2.37. The van der Waals surface area contributed by atoms with E-state index in [1.807, 2.05) is 0 Å².